The first kappa shape index (κ1) is 16.4. The molecule has 0 spiro atoms. The van der Waals surface area contributed by atoms with Gasteiger partial charge >= 0.3 is 0 Å². The number of carbonyl (C=O) groups excluding carboxylic acids is 1. The minimum Gasteiger partial charge on any atom is -0.379 e. The van der Waals surface area contributed by atoms with Crippen molar-refractivity contribution in [3.8, 4) is 0 Å². The van der Waals surface area contributed by atoms with Crippen molar-refractivity contribution in [3.05, 3.63) is 0 Å². The van der Waals surface area contributed by atoms with Gasteiger partial charge in [-0.05, 0) is 40.5 Å². The van der Waals surface area contributed by atoms with E-state index in [-0.39, 0.29) is 18.1 Å². The highest BCUT2D eigenvalue weighted by Gasteiger charge is 2.38. The second-order valence-electron chi connectivity index (χ2n) is 5.74. The van der Waals surface area contributed by atoms with E-state index in [1.54, 1.807) is 0 Å². The molecular weight excluding hydrogens is 244 g/mol. The van der Waals surface area contributed by atoms with Gasteiger partial charge in [-0.15, -0.1) is 0 Å². The van der Waals surface area contributed by atoms with E-state index < -0.39 is 5.54 Å². The standard InChI is InChI=1S/C14H28N2O3/c1-5-18-9-11(3)19-10(2)8-14(4,13(15)17)16-12-6-7-12/h10-12,16H,5-9H2,1-4H3,(H2,15,17). The Morgan fingerprint density at radius 3 is 2.53 bits per heavy atom. The summed E-state index contributed by atoms with van der Waals surface area (Å²) in [6.45, 7) is 9.02. The zero-order valence-corrected chi connectivity index (χ0v) is 12.6. The lowest BCUT2D eigenvalue weighted by Gasteiger charge is -2.31. The monoisotopic (exact) mass is 272 g/mol. The van der Waals surface area contributed by atoms with E-state index in [1.165, 1.54) is 0 Å². The van der Waals surface area contributed by atoms with Crippen LogP contribution in [0.5, 0.6) is 0 Å². The molecule has 0 radical (unpaired) electrons. The highest BCUT2D eigenvalue weighted by Crippen LogP contribution is 2.25. The predicted octanol–water partition coefficient (Wildman–Crippen LogP) is 1.20. The van der Waals surface area contributed by atoms with Gasteiger partial charge in [0.05, 0.1) is 24.4 Å². The number of hydrogen-bond acceptors (Lipinski definition) is 4. The van der Waals surface area contributed by atoms with Crippen LogP contribution in [0.2, 0.25) is 0 Å². The molecule has 0 aromatic rings. The zero-order chi connectivity index (χ0) is 14.5. The van der Waals surface area contributed by atoms with Gasteiger partial charge < -0.3 is 20.5 Å². The van der Waals surface area contributed by atoms with Crippen molar-refractivity contribution in [3.63, 3.8) is 0 Å². The van der Waals surface area contributed by atoms with Crippen molar-refractivity contribution in [1.29, 1.82) is 0 Å². The molecule has 1 aliphatic carbocycles. The van der Waals surface area contributed by atoms with E-state index in [1.807, 2.05) is 27.7 Å². The van der Waals surface area contributed by atoms with E-state index in [2.05, 4.69) is 5.32 Å². The average Bonchev–Trinajstić information content (AvgIpc) is 3.09. The Hall–Kier alpha value is -0.650. The smallest absolute Gasteiger partial charge is 0.237 e. The molecule has 5 heteroatoms. The maximum Gasteiger partial charge on any atom is 0.237 e. The fourth-order valence-corrected chi connectivity index (χ4v) is 2.25. The van der Waals surface area contributed by atoms with Crippen LogP contribution in [-0.4, -0.2) is 42.9 Å². The first-order valence-corrected chi connectivity index (χ1v) is 7.18. The Labute approximate surface area is 116 Å². The van der Waals surface area contributed by atoms with Gasteiger partial charge in [-0.2, -0.15) is 0 Å². The molecule has 3 N–H and O–H groups in total. The van der Waals surface area contributed by atoms with Gasteiger partial charge in [0.1, 0.15) is 0 Å². The van der Waals surface area contributed by atoms with Crippen molar-refractivity contribution in [2.75, 3.05) is 13.2 Å². The quantitative estimate of drug-likeness (QED) is 0.627. The van der Waals surface area contributed by atoms with Crippen molar-refractivity contribution < 1.29 is 14.3 Å². The average molecular weight is 272 g/mol. The molecule has 19 heavy (non-hydrogen) atoms. The summed E-state index contributed by atoms with van der Waals surface area (Å²) in [5, 5.41) is 3.33. The number of amides is 1. The van der Waals surface area contributed by atoms with Gasteiger partial charge in [0.15, 0.2) is 0 Å². The summed E-state index contributed by atoms with van der Waals surface area (Å²) in [4.78, 5) is 11.7. The van der Waals surface area contributed by atoms with Crippen LogP contribution in [0.3, 0.4) is 0 Å². The summed E-state index contributed by atoms with van der Waals surface area (Å²) >= 11 is 0. The Bertz CT molecular complexity index is 294. The number of nitrogens with two attached hydrogens (primary N) is 1. The molecule has 0 aliphatic heterocycles. The molecule has 1 amide bonds. The van der Waals surface area contributed by atoms with Crippen LogP contribution in [0, 0.1) is 0 Å². The van der Waals surface area contributed by atoms with Crippen LogP contribution in [0.15, 0.2) is 0 Å². The molecule has 0 heterocycles. The van der Waals surface area contributed by atoms with Crippen molar-refractivity contribution >= 4 is 5.91 Å². The summed E-state index contributed by atoms with van der Waals surface area (Å²) in [6.07, 6.45) is 2.81. The summed E-state index contributed by atoms with van der Waals surface area (Å²) in [6, 6.07) is 0.436. The highest BCUT2D eigenvalue weighted by molar-refractivity contribution is 5.84. The first-order valence-electron chi connectivity index (χ1n) is 7.18. The maximum atomic E-state index is 11.7. The SMILES string of the molecule is CCOCC(C)OC(C)CC(C)(NC1CC1)C(N)=O. The number of carbonyl (C=O) groups is 1. The molecule has 3 atom stereocenters. The Morgan fingerprint density at radius 1 is 1.42 bits per heavy atom. The van der Waals surface area contributed by atoms with E-state index in [4.69, 9.17) is 15.2 Å². The molecule has 1 saturated carbocycles. The molecule has 5 nitrogen and oxygen atoms in total. The molecule has 1 rings (SSSR count). The van der Waals surface area contributed by atoms with Gasteiger partial charge in [0.25, 0.3) is 0 Å². The van der Waals surface area contributed by atoms with Gasteiger partial charge in [-0.1, -0.05) is 0 Å². The number of hydrogen-bond donors (Lipinski definition) is 2. The topological polar surface area (TPSA) is 73.6 Å². The van der Waals surface area contributed by atoms with Crippen LogP contribution in [0.25, 0.3) is 0 Å². The molecule has 3 unspecified atom stereocenters. The molecule has 0 bridgehead atoms. The maximum absolute atomic E-state index is 11.7. The number of primary amides is 1. The molecule has 0 aromatic heterocycles. The van der Waals surface area contributed by atoms with Crippen molar-refractivity contribution in [2.45, 2.75) is 70.7 Å². The molecule has 0 saturated heterocycles. The van der Waals surface area contributed by atoms with Crippen LogP contribution in [-0.2, 0) is 14.3 Å². The minimum atomic E-state index is -0.689. The molecule has 0 aromatic carbocycles. The van der Waals surface area contributed by atoms with Gasteiger partial charge in [0.2, 0.25) is 5.91 Å². The number of rotatable bonds is 10. The normalized spacial score (nSPS) is 21.7. The third-order valence-electron chi connectivity index (χ3n) is 3.36. The zero-order valence-electron chi connectivity index (χ0n) is 12.6. The molecule has 1 aliphatic rings. The molecular formula is C14H28N2O3. The van der Waals surface area contributed by atoms with Crippen molar-refractivity contribution in [1.82, 2.24) is 5.32 Å². The third-order valence-corrected chi connectivity index (χ3v) is 3.36. The second-order valence-corrected chi connectivity index (χ2v) is 5.74. The highest BCUT2D eigenvalue weighted by atomic mass is 16.5. The van der Waals surface area contributed by atoms with Gasteiger partial charge in [-0.3, -0.25) is 4.79 Å². The lowest BCUT2D eigenvalue weighted by Crippen LogP contribution is -2.55. The fraction of sp³-hybridized carbons (Fsp3) is 0.929. The Morgan fingerprint density at radius 2 is 2.05 bits per heavy atom. The fourth-order valence-electron chi connectivity index (χ4n) is 2.25. The summed E-state index contributed by atoms with van der Waals surface area (Å²) < 4.78 is 11.1. The second kappa shape index (κ2) is 7.22. The largest absolute Gasteiger partial charge is 0.379 e. The predicted molar refractivity (Wildman–Crippen MR) is 74.9 cm³/mol. The Balaban J connectivity index is 2.41. The third kappa shape index (κ3) is 5.89. The number of nitrogens with one attached hydrogen (secondary N) is 1. The van der Waals surface area contributed by atoms with Gasteiger partial charge in [-0.25, -0.2) is 0 Å². The lowest BCUT2D eigenvalue weighted by atomic mass is 9.93. The molecule has 1 fully saturated rings. The Kier molecular flexibility index (Phi) is 6.23. The van der Waals surface area contributed by atoms with Crippen molar-refractivity contribution in [2.24, 2.45) is 5.73 Å². The van der Waals surface area contributed by atoms with E-state index in [0.29, 0.717) is 25.7 Å². The summed E-state index contributed by atoms with van der Waals surface area (Å²) in [5.41, 5.74) is 4.84. The first-order chi connectivity index (χ1) is 8.87. The lowest BCUT2D eigenvalue weighted by molar-refractivity contribution is -0.126. The van der Waals surface area contributed by atoms with Crippen LogP contribution >= 0.6 is 0 Å². The summed E-state index contributed by atoms with van der Waals surface area (Å²) in [5.74, 6) is -0.313. The van der Waals surface area contributed by atoms with Crippen LogP contribution < -0.4 is 11.1 Å². The van der Waals surface area contributed by atoms with Crippen LogP contribution in [0.1, 0.15) is 47.0 Å². The van der Waals surface area contributed by atoms with E-state index in [0.717, 1.165) is 12.8 Å². The van der Waals surface area contributed by atoms with Crippen LogP contribution in [0.4, 0.5) is 0 Å². The van der Waals surface area contributed by atoms with E-state index >= 15 is 0 Å². The van der Waals surface area contributed by atoms with Gasteiger partial charge in [0, 0.05) is 19.1 Å². The summed E-state index contributed by atoms with van der Waals surface area (Å²) in [7, 11) is 0. The minimum absolute atomic E-state index is 0.0213. The number of ether oxygens (including phenoxy) is 2. The van der Waals surface area contributed by atoms with E-state index in [9.17, 15) is 4.79 Å². The molecule has 112 valence electrons.